The van der Waals surface area contributed by atoms with Crippen LogP contribution in [0, 0.1) is 0 Å². The Morgan fingerprint density at radius 3 is 2.30 bits per heavy atom. The number of carbonyl (C=O) groups is 2. The number of amidine groups is 1. The largest absolute Gasteiger partial charge is 0.491 e. The second-order valence-electron chi connectivity index (χ2n) is 6.42. The van der Waals surface area contributed by atoms with E-state index in [2.05, 4.69) is 4.99 Å². The molecule has 27 heavy (non-hydrogen) atoms. The summed E-state index contributed by atoms with van der Waals surface area (Å²) in [5.41, 5.74) is 1.91. The second-order valence-corrected chi connectivity index (χ2v) is 6.42. The van der Waals surface area contributed by atoms with Crippen LogP contribution < -0.4 is 9.64 Å². The van der Waals surface area contributed by atoms with Gasteiger partial charge in [0.15, 0.2) is 0 Å². The van der Waals surface area contributed by atoms with Crippen LogP contribution in [0.2, 0.25) is 0 Å². The van der Waals surface area contributed by atoms with E-state index in [0.717, 1.165) is 11.3 Å². The number of carbonyl (C=O) groups excluding carboxylic acids is 1. The molecule has 0 radical (unpaired) electrons. The van der Waals surface area contributed by atoms with Gasteiger partial charge in [-0.05, 0) is 68.8 Å². The smallest absolute Gasteiger partial charge is 0.335 e. The number of aliphatic imine (C=N–C) groups is 1. The van der Waals surface area contributed by atoms with Gasteiger partial charge in [-0.25, -0.2) is 9.79 Å². The van der Waals surface area contributed by atoms with Crippen molar-refractivity contribution in [3.63, 3.8) is 0 Å². The van der Waals surface area contributed by atoms with E-state index in [1.807, 2.05) is 38.1 Å². The van der Waals surface area contributed by atoms with Gasteiger partial charge in [-0.3, -0.25) is 9.69 Å². The Morgan fingerprint density at radius 2 is 1.74 bits per heavy atom. The first-order valence-corrected chi connectivity index (χ1v) is 8.56. The van der Waals surface area contributed by atoms with Crippen LogP contribution in [0.4, 0.5) is 5.69 Å². The monoisotopic (exact) mass is 364 g/mol. The van der Waals surface area contributed by atoms with Gasteiger partial charge in [-0.2, -0.15) is 0 Å². The summed E-state index contributed by atoms with van der Waals surface area (Å²) >= 11 is 0. The van der Waals surface area contributed by atoms with E-state index in [0.29, 0.717) is 17.2 Å². The number of aromatic carboxylic acids is 1. The van der Waals surface area contributed by atoms with Gasteiger partial charge in [-0.15, -0.1) is 0 Å². The molecule has 1 N–H and O–H groups in total. The maximum Gasteiger partial charge on any atom is 0.335 e. The van der Waals surface area contributed by atoms with Crippen LogP contribution in [0.25, 0.3) is 6.08 Å². The molecule has 0 fully saturated rings. The molecule has 0 unspecified atom stereocenters. The van der Waals surface area contributed by atoms with Crippen molar-refractivity contribution in [3.05, 3.63) is 65.4 Å². The molecule has 0 atom stereocenters. The van der Waals surface area contributed by atoms with E-state index in [9.17, 15) is 9.59 Å². The molecule has 1 aliphatic rings. The molecule has 6 nitrogen and oxygen atoms in total. The lowest BCUT2D eigenvalue weighted by Gasteiger charge is -2.16. The van der Waals surface area contributed by atoms with Crippen molar-refractivity contribution < 1.29 is 19.4 Å². The van der Waals surface area contributed by atoms with Gasteiger partial charge in [0.2, 0.25) is 0 Å². The molecule has 2 aromatic rings. The van der Waals surface area contributed by atoms with Crippen molar-refractivity contribution in [2.75, 3.05) is 4.90 Å². The van der Waals surface area contributed by atoms with Crippen molar-refractivity contribution in [1.29, 1.82) is 0 Å². The van der Waals surface area contributed by atoms with Crippen LogP contribution in [-0.4, -0.2) is 28.9 Å². The molecular weight excluding hydrogens is 344 g/mol. The zero-order chi connectivity index (χ0) is 19.6. The summed E-state index contributed by atoms with van der Waals surface area (Å²) < 4.78 is 5.61. The van der Waals surface area contributed by atoms with Crippen molar-refractivity contribution in [2.24, 2.45) is 4.99 Å². The van der Waals surface area contributed by atoms with Gasteiger partial charge in [0.1, 0.15) is 17.3 Å². The lowest BCUT2D eigenvalue weighted by atomic mass is 10.1. The van der Waals surface area contributed by atoms with Crippen LogP contribution in [0.3, 0.4) is 0 Å². The average molecular weight is 364 g/mol. The number of nitrogens with zero attached hydrogens (tertiary/aromatic N) is 2. The number of hydrogen-bond acceptors (Lipinski definition) is 4. The highest BCUT2D eigenvalue weighted by molar-refractivity contribution is 6.28. The van der Waals surface area contributed by atoms with Crippen molar-refractivity contribution >= 4 is 29.5 Å². The number of hydrogen-bond donors (Lipinski definition) is 1. The van der Waals surface area contributed by atoms with Gasteiger partial charge in [0.25, 0.3) is 5.91 Å². The highest BCUT2D eigenvalue weighted by atomic mass is 16.5. The lowest BCUT2D eigenvalue weighted by Crippen LogP contribution is -2.30. The number of carboxylic acid groups (broad SMARTS) is 1. The van der Waals surface area contributed by atoms with Crippen molar-refractivity contribution in [3.8, 4) is 5.75 Å². The van der Waals surface area contributed by atoms with Crippen molar-refractivity contribution in [1.82, 2.24) is 0 Å². The Kier molecular flexibility index (Phi) is 5.07. The van der Waals surface area contributed by atoms with Gasteiger partial charge >= 0.3 is 5.97 Å². The average Bonchev–Trinajstić information content (AvgIpc) is 2.90. The molecule has 1 heterocycles. The predicted molar refractivity (Wildman–Crippen MR) is 104 cm³/mol. The molecular formula is C21H20N2O4. The SMILES string of the molecule is CC1=N/C(=C\c2ccc(OC(C)C)cc2)C(=O)N1c1ccc(C(=O)O)cc1. The summed E-state index contributed by atoms with van der Waals surface area (Å²) in [7, 11) is 0. The summed E-state index contributed by atoms with van der Waals surface area (Å²) in [5, 5.41) is 9.00. The van der Waals surface area contributed by atoms with Gasteiger partial charge in [0.05, 0.1) is 17.4 Å². The van der Waals surface area contributed by atoms with Gasteiger partial charge < -0.3 is 9.84 Å². The molecule has 0 aromatic heterocycles. The fourth-order valence-electron chi connectivity index (χ4n) is 2.76. The minimum atomic E-state index is -1.01. The molecule has 0 saturated heterocycles. The molecule has 2 aromatic carbocycles. The fraction of sp³-hybridized carbons (Fsp3) is 0.190. The first kappa shape index (κ1) is 18.4. The van der Waals surface area contributed by atoms with Gasteiger partial charge in [-0.1, -0.05) is 12.1 Å². The van der Waals surface area contributed by atoms with E-state index in [4.69, 9.17) is 9.84 Å². The Morgan fingerprint density at radius 1 is 1.11 bits per heavy atom. The number of amides is 1. The highest BCUT2D eigenvalue weighted by Crippen LogP contribution is 2.26. The number of anilines is 1. The van der Waals surface area contributed by atoms with E-state index in [1.165, 1.54) is 17.0 Å². The summed E-state index contributed by atoms with van der Waals surface area (Å²) in [6.45, 7) is 5.66. The number of carboxylic acids is 1. The molecule has 0 bridgehead atoms. The number of benzene rings is 2. The molecule has 1 amide bonds. The molecule has 0 aliphatic carbocycles. The van der Waals surface area contributed by atoms with E-state index in [-0.39, 0.29) is 17.6 Å². The summed E-state index contributed by atoms with van der Waals surface area (Å²) in [6.07, 6.45) is 1.82. The third-order valence-corrected chi connectivity index (χ3v) is 3.96. The van der Waals surface area contributed by atoms with Crippen LogP contribution in [0.1, 0.15) is 36.7 Å². The third kappa shape index (κ3) is 4.06. The molecule has 0 spiro atoms. The van der Waals surface area contributed by atoms with Crippen LogP contribution >= 0.6 is 0 Å². The number of ether oxygens (including phenoxy) is 1. The van der Waals surface area contributed by atoms with E-state index in [1.54, 1.807) is 25.1 Å². The minimum Gasteiger partial charge on any atom is -0.491 e. The van der Waals surface area contributed by atoms with Crippen LogP contribution in [0.15, 0.2) is 59.2 Å². The first-order chi connectivity index (χ1) is 12.8. The Hall–Kier alpha value is -3.41. The fourth-order valence-corrected chi connectivity index (χ4v) is 2.76. The quantitative estimate of drug-likeness (QED) is 0.814. The molecule has 0 saturated carbocycles. The Balaban J connectivity index is 1.82. The zero-order valence-corrected chi connectivity index (χ0v) is 15.3. The molecule has 138 valence electrons. The molecule has 6 heteroatoms. The maximum atomic E-state index is 12.8. The number of rotatable bonds is 5. The maximum absolute atomic E-state index is 12.8. The standard InChI is InChI=1S/C21H20N2O4/c1-13(2)27-18-10-4-15(5-11-18)12-19-20(24)23(14(3)22-19)17-8-6-16(7-9-17)21(25)26/h4-13H,1-3H3,(H,25,26)/b19-12-. The topological polar surface area (TPSA) is 79.2 Å². The Labute approximate surface area is 157 Å². The van der Waals surface area contributed by atoms with Gasteiger partial charge in [0, 0.05) is 0 Å². The minimum absolute atomic E-state index is 0.0962. The van der Waals surface area contributed by atoms with Crippen LogP contribution in [-0.2, 0) is 4.79 Å². The zero-order valence-electron chi connectivity index (χ0n) is 15.3. The summed E-state index contributed by atoms with van der Waals surface area (Å²) in [6, 6.07) is 13.6. The normalized spacial score (nSPS) is 15.4. The third-order valence-electron chi connectivity index (χ3n) is 3.96. The van der Waals surface area contributed by atoms with E-state index >= 15 is 0 Å². The van der Waals surface area contributed by atoms with Crippen molar-refractivity contribution in [2.45, 2.75) is 26.9 Å². The highest BCUT2D eigenvalue weighted by Gasteiger charge is 2.28. The predicted octanol–water partition coefficient (Wildman–Crippen LogP) is 3.98. The Bertz CT molecular complexity index is 926. The first-order valence-electron chi connectivity index (χ1n) is 8.56. The summed E-state index contributed by atoms with van der Waals surface area (Å²) in [4.78, 5) is 29.6. The van der Waals surface area contributed by atoms with E-state index < -0.39 is 5.97 Å². The summed E-state index contributed by atoms with van der Waals surface area (Å²) in [5.74, 6) is 0.0436. The lowest BCUT2D eigenvalue weighted by molar-refractivity contribution is -0.113. The second kappa shape index (κ2) is 7.45. The molecule has 3 rings (SSSR count). The molecule has 1 aliphatic heterocycles. The van der Waals surface area contributed by atoms with Crippen LogP contribution in [0.5, 0.6) is 5.75 Å².